The number of rotatable bonds is 2. The van der Waals surface area contributed by atoms with Crippen LogP contribution in [0.25, 0.3) is 11.1 Å². The maximum atomic E-state index is 13.0. The van der Waals surface area contributed by atoms with Crippen molar-refractivity contribution in [3.63, 3.8) is 0 Å². The van der Waals surface area contributed by atoms with Crippen molar-refractivity contribution in [1.82, 2.24) is 5.32 Å². The minimum absolute atomic E-state index is 0.303. The maximum Gasteiger partial charge on any atom is 0.266 e. The molecule has 5 rings (SSSR count). The third-order valence-electron chi connectivity index (χ3n) is 5.22. The third-order valence-corrected chi connectivity index (χ3v) is 5.22. The lowest BCUT2D eigenvalue weighted by Gasteiger charge is -2.14. The van der Waals surface area contributed by atoms with Crippen LogP contribution in [0.5, 0.6) is 0 Å². The van der Waals surface area contributed by atoms with E-state index in [0.717, 1.165) is 5.56 Å². The molecule has 0 unspecified atom stereocenters. The van der Waals surface area contributed by atoms with Crippen LogP contribution in [0.15, 0.2) is 60.7 Å². The van der Waals surface area contributed by atoms with Gasteiger partial charge in [0.05, 0.1) is 27.9 Å². The number of fused-ring (bicyclic) bond motifs is 2. The number of imide groups is 2. The number of carbonyl (C=O) groups excluding carboxylic acids is 4. The number of aryl methyl sites for hydroxylation is 1. The van der Waals surface area contributed by atoms with Gasteiger partial charge < -0.3 is 0 Å². The highest BCUT2D eigenvalue weighted by Gasteiger charge is 2.37. The van der Waals surface area contributed by atoms with Crippen molar-refractivity contribution in [2.75, 3.05) is 4.90 Å². The van der Waals surface area contributed by atoms with Gasteiger partial charge in [0.25, 0.3) is 23.6 Å². The van der Waals surface area contributed by atoms with E-state index < -0.39 is 11.8 Å². The Morgan fingerprint density at radius 1 is 0.655 bits per heavy atom. The van der Waals surface area contributed by atoms with Crippen LogP contribution in [-0.4, -0.2) is 23.6 Å². The van der Waals surface area contributed by atoms with Crippen LogP contribution >= 0.6 is 0 Å². The van der Waals surface area contributed by atoms with E-state index in [9.17, 15) is 19.2 Å². The first-order valence-corrected chi connectivity index (χ1v) is 9.03. The highest BCUT2D eigenvalue weighted by molar-refractivity contribution is 6.34. The molecule has 0 radical (unpaired) electrons. The van der Waals surface area contributed by atoms with Crippen molar-refractivity contribution >= 4 is 29.3 Å². The smallest absolute Gasteiger partial charge is 0.266 e. The monoisotopic (exact) mass is 382 g/mol. The molecule has 0 saturated carbocycles. The van der Waals surface area contributed by atoms with Gasteiger partial charge in [-0.3, -0.25) is 24.5 Å². The Balaban J connectivity index is 1.57. The van der Waals surface area contributed by atoms with E-state index in [2.05, 4.69) is 5.32 Å². The van der Waals surface area contributed by atoms with Crippen molar-refractivity contribution in [2.45, 2.75) is 6.92 Å². The summed E-state index contributed by atoms with van der Waals surface area (Å²) in [6.45, 7) is 1.90. The second-order valence-corrected chi connectivity index (χ2v) is 7.09. The molecule has 3 aromatic rings. The molecule has 2 heterocycles. The number of nitrogens with zero attached hydrogens (tertiary/aromatic N) is 1. The van der Waals surface area contributed by atoms with Crippen LogP contribution in [0.4, 0.5) is 5.69 Å². The Kier molecular flexibility index (Phi) is 3.51. The van der Waals surface area contributed by atoms with Crippen LogP contribution in [0.1, 0.15) is 47.0 Å². The summed E-state index contributed by atoms with van der Waals surface area (Å²) >= 11 is 0. The molecule has 29 heavy (non-hydrogen) atoms. The summed E-state index contributed by atoms with van der Waals surface area (Å²) in [6, 6.07) is 17.2. The van der Waals surface area contributed by atoms with Gasteiger partial charge in [0.2, 0.25) is 0 Å². The quantitative estimate of drug-likeness (QED) is 0.689. The number of amides is 4. The van der Waals surface area contributed by atoms with Gasteiger partial charge in [-0.05, 0) is 60.0 Å². The predicted octanol–water partition coefficient (Wildman–Crippen LogP) is 3.35. The van der Waals surface area contributed by atoms with E-state index in [1.807, 2.05) is 13.0 Å². The molecule has 2 aliphatic rings. The molecule has 4 amide bonds. The molecule has 0 bridgehead atoms. The van der Waals surface area contributed by atoms with E-state index >= 15 is 0 Å². The second kappa shape index (κ2) is 5.97. The highest BCUT2D eigenvalue weighted by atomic mass is 16.2. The Morgan fingerprint density at radius 2 is 1.28 bits per heavy atom. The summed E-state index contributed by atoms with van der Waals surface area (Å²) in [5.74, 6) is -1.60. The molecule has 0 atom stereocenters. The maximum absolute atomic E-state index is 13.0. The first-order valence-electron chi connectivity index (χ1n) is 9.03. The van der Waals surface area contributed by atoms with Crippen molar-refractivity contribution in [2.24, 2.45) is 0 Å². The van der Waals surface area contributed by atoms with Crippen LogP contribution in [0.2, 0.25) is 0 Å². The minimum atomic E-state index is -0.440. The molecule has 1 N–H and O–H groups in total. The fraction of sp³-hybridized carbons (Fsp3) is 0.0435. The number of hydrogen-bond donors (Lipinski definition) is 1. The normalized spacial score (nSPS) is 14.9. The van der Waals surface area contributed by atoms with Crippen LogP contribution in [0.3, 0.4) is 0 Å². The molecule has 140 valence electrons. The predicted molar refractivity (Wildman–Crippen MR) is 106 cm³/mol. The van der Waals surface area contributed by atoms with Gasteiger partial charge in [-0.15, -0.1) is 0 Å². The summed E-state index contributed by atoms with van der Waals surface area (Å²) in [5.41, 5.74) is 4.14. The molecule has 0 spiro atoms. The molecular weight excluding hydrogens is 368 g/mol. The molecule has 2 aliphatic heterocycles. The van der Waals surface area contributed by atoms with Gasteiger partial charge in [-0.2, -0.15) is 0 Å². The summed E-state index contributed by atoms with van der Waals surface area (Å²) in [7, 11) is 0. The lowest BCUT2D eigenvalue weighted by Crippen LogP contribution is -2.29. The Labute approximate surface area is 165 Å². The van der Waals surface area contributed by atoms with Crippen molar-refractivity contribution < 1.29 is 19.2 Å². The number of hydrogen-bond acceptors (Lipinski definition) is 4. The summed E-state index contributed by atoms with van der Waals surface area (Å²) in [5, 5.41) is 2.26. The van der Waals surface area contributed by atoms with E-state index in [1.165, 1.54) is 4.90 Å². The molecule has 0 fully saturated rings. The fourth-order valence-electron chi connectivity index (χ4n) is 3.77. The third kappa shape index (κ3) is 2.50. The minimum Gasteiger partial charge on any atom is -0.288 e. The first-order chi connectivity index (χ1) is 13.9. The SMILES string of the molecule is Cc1cccc(N2C(=O)c3ccc(-c4ccc5c(c4)C(=O)NC5=O)cc3C2=O)c1. The van der Waals surface area contributed by atoms with E-state index in [1.54, 1.807) is 54.6 Å². The van der Waals surface area contributed by atoms with Gasteiger partial charge in [0.15, 0.2) is 0 Å². The Morgan fingerprint density at radius 3 is 2.00 bits per heavy atom. The zero-order valence-electron chi connectivity index (χ0n) is 15.4. The second-order valence-electron chi connectivity index (χ2n) is 7.09. The van der Waals surface area contributed by atoms with Crippen LogP contribution < -0.4 is 10.2 Å². The Hall–Kier alpha value is -4.06. The summed E-state index contributed by atoms with van der Waals surface area (Å²) in [4.78, 5) is 50.6. The molecule has 0 saturated heterocycles. The lowest BCUT2D eigenvalue weighted by atomic mass is 9.97. The lowest BCUT2D eigenvalue weighted by molar-refractivity contribution is 0.0874. The average Bonchev–Trinajstić information content (AvgIpc) is 3.14. The molecule has 6 heteroatoms. The van der Waals surface area contributed by atoms with Gasteiger partial charge in [-0.25, -0.2) is 4.90 Å². The van der Waals surface area contributed by atoms with Crippen molar-refractivity contribution in [1.29, 1.82) is 0 Å². The Bertz CT molecular complexity index is 1280. The number of anilines is 1. The van der Waals surface area contributed by atoms with Gasteiger partial charge in [0, 0.05) is 0 Å². The standard InChI is InChI=1S/C23H14N2O4/c1-12-3-2-4-15(9-12)25-22(28)17-8-6-14(11-19(17)23(25)29)13-5-7-16-18(10-13)21(27)24-20(16)26/h2-11H,1H3,(H,24,26,27). The zero-order valence-corrected chi connectivity index (χ0v) is 15.4. The average molecular weight is 382 g/mol. The number of nitrogens with one attached hydrogen (secondary N) is 1. The van der Waals surface area contributed by atoms with E-state index in [4.69, 9.17) is 0 Å². The van der Waals surface area contributed by atoms with E-state index in [0.29, 0.717) is 39.1 Å². The number of benzene rings is 3. The number of carbonyl (C=O) groups is 4. The summed E-state index contributed by atoms with van der Waals surface area (Å²) in [6.07, 6.45) is 0. The topological polar surface area (TPSA) is 83.6 Å². The van der Waals surface area contributed by atoms with Gasteiger partial charge in [-0.1, -0.05) is 24.3 Å². The van der Waals surface area contributed by atoms with Gasteiger partial charge in [0.1, 0.15) is 0 Å². The highest BCUT2D eigenvalue weighted by Crippen LogP contribution is 2.33. The van der Waals surface area contributed by atoms with Crippen molar-refractivity contribution in [3.8, 4) is 11.1 Å². The van der Waals surface area contributed by atoms with Crippen LogP contribution in [-0.2, 0) is 0 Å². The molecule has 0 aliphatic carbocycles. The van der Waals surface area contributed by atoms with Gasteiger partial charge >= 0.3 is 0 Å². The van der Waals surface area contributed by atoms with Crippen molar-refractivity contribution in [3.05, 3.63) is 88.5 Å². The zero-order chi connectivity index (χ0) is 20.3. The largest absolute Gasteiger partial charge is 0.288 e. The molecular formula is C23H14N2O4. The molecule has 3 aromatic carbocycles. The fourth-order valence-corrected chi connectivity index (χ4v) is 3.77. The first kappa shape index (κ1) is 17.1. The summed E-state index contributed by atoms with van der Waals surface area (Å²) < 4.78 is 0. The molecule has 6 nitrogen and oxygen atoms in total. The molecule has 0 aromatic heterocycles. The van der Waals surface area contributed by atoms with Crippen LogP contribution in [0, 0.1) is 6.92 Å². The van der Waals surface area contributed by atoms with E-state index in [-0.39, 0.29) is 11.8 Å².